The summed E-state index contributed by atoms with van der Waals surface area (Å²) in [5.41, 5.74) is 1.29. The molecular formula is C8H9BO. The lowest BCUT2D eigenvalue weighted by atomic mass is 10.2. The Morgan fingerprint density at radius 2 is 1.90 bits per heavy atom. The van der Waals surface area contributed by atoms with Crippen molar-refractivity contribution in [1.29, 1.82) is 0 Å². The maximum atomic E-state index is 4.94. The van der Waals surface area contributed by atoms with E-state index in [-0.39, 0.29) is 0 Å². The first kappa shape index (κ1) is 7.20. The van der Waals surface area contributed by atoms with Gasteiger partial charge in [-0.2, -0.15) is 0 Å². The first-order chi connectivity index (χ1) is 4.86. The lowest BCUT2D eigenvalue weighted by molar-refractivity contribution is 0.616. The van der Waals surface area contributed by atoms with Gasteiger partial charge in [0.15, 0.2) is 0 Å². The molecule has 0 aliphatic rings. The standard InChI is InChI=1S/C8H9BO/c1-2-7-3-5-8(10-9)6-4-7/h3-6H,2H2,1H3. The van der Waals surface area contributed by atoms with E-state index in [1.165, 1.54) is 5.56 Å². The second-order valence-corrected chi connectivity index (χ2v) is 2.12. The molecule has 2 radical (unpaired) electrons. The third-order valence-electron chi connectivity index (χ3n) is 1.47. The van der Waals surface area contributed by atoms with Gasteiger partial charge in [-0.1, -0.05) is 19.1 Å². The number of hydrogen-bond acceptors (Lipinski definition) is 1. The Morgan fingerprint density at radius 1 is 1.30 bits per heavy atom. The van der Waals surface area contributed by atoms with Crippen molar-refractivity contribution in [3.8, 4) is 5.75 Å². The van der Waals surface area contributed by atoms with Gasteiger partial charge in [0, 0.05) is 0 Å². The van der Waals surface area contributed by atoms with E-state index in [9.17, 15) is 0 Å². The van der Waals surface area contributed by atoms with Crippen LogP contribution in [-0.4, -0.2) is 8.05 Å². The largest absolute Gasteiger partial charge is 0.568 e. The van der Waals surface area contributed by atoms with E-state index in [1.807, 2.05) is 24.3 Å². The molecule has 0 aliphatic heterocycles. The minimum atomic E-state index is 0.706. The van der Waals surface area contributed by atoms with Crippen LogP contribution in [0.5, 0.6) is 5.75 Å². The smallest absolute Gasteiger partial charge is 0.374 e. The van der Waals surface area contributed by atoms with Crippen molar-refractivity contribution in [1.82, 2.24) is 0 Å². The Kier molecular flexibility index (Phi) is 2.38. The van der Waals surface area contributed by atoms with Gasteiger partial charge >= 0.3 is 8.05 Å². The monoisotopic (exact) mass is 132 g/mol. The molecule has 50 valence electrons. The second kappa shape index (κ2) is 3.30. The summed E-state index contributed by atoms with van der Waals surface area (Å²) in [5, 5.41) is 0. The first-order valence-corrected chi connectivity index (χ1v) is 3.32. The topological polar surface area (TPSA) is 9.23 Å². The lowest BCUT2D eigenvalue weighted by Crippen LogP contribution is -1.85. The van der Waals surface area contributed by atoms with Gasteiger partial charge < -0.3 is 4.65 Å². The number of rotatable bonds is 2. The maximum Gasteiger partial charge on any atom is 0.374 e. The molecule has 0 unspecified atom stereocenters. The third kappa shape index (κ3) is 1.53. The Morgan fingerprint density at radius 3 is 2.30 bits per heavy atom. The van der Waals surface area contributed by atoms with Crippen molar-refractivity contribution in [2.45, 2.75) is 13.3 Å². The van der Waals surface area contributed by atoms with E-state index in [1.54, 1.807) is 0 Å². The summed E-state index contributed by atoms with van der Waals surface area (Å²) in [5.74, 6) is 0.706. The Hall–Kier alpha value is -0.915. The predicted molar refractivity (Wildman–Crippen MR) is 42.2 cm³/mol. The van der Waals surface area contributed by atoms with Crippen molar-refractivity contribution in [2.75, 3.05) is 0 Å². The zero-order valence-electron chi connectivity index (χ0n) is 6.00. The Balaban J connectivity index is 2.80. The average molecular weight is 132 g/mol. The molecule has 1 nitrogen and oxygen atoms in total. The molecule has 0 saturated heterocycles. The summed E-state index contributed by atoms with van der Waals surface area (Å²) in [7, 11) is 4.94. The number of hydrogen-bond donors (Lipinski definition) is 0. The van der Waals surface area contributed by atoms with Crippen LogP contribution in [0.15, 0.2) is 24.3 Å². The fraction of sp³-hybridized carbons (Fsp3) is 0.250. The van der Waals surface area contributed by atoms with Gasteiger partial charge in [-0.15, -0.1) is 0 Å². The van der Waals surface area contributed by atoms with Crippen LogP contribution in [0.4, 0.5) is 0 Å². The van der Waals surface area contributed by atoms with E-state index >= 15 is 0 Å². The highest BCUT2D eigenvalue weighted by atomic mass is 16.4. The number of aryl methyl sites for hydroxylation is 1. The average Bonchev–Trinajstić information content (AvgIpc) is 2.05. The Labute approximate surface area is 62.5 Å². The fourth-order valence-corrected chi connectivity index (χ4v) is 0.804. The molecule has 1 rings (SSSR count). The predicted octanol–water partition coefficient (Wildman–Crippen LogP) is 1.71. The van der Waals surface area contributed by atoms with E-state index in [2.05, 4.69) is 11.6 Å². The normalized spacial score (nSPS) is 9.30. The summed E-state index contributed by atoms with van der Waals surface area (Å²) in [6.07, 6.45) is 1.05. The van der Waals surface area contributed by atoms with Gasteiger partial charge in [-0.05, 0) is 24.1 Å². The summed E-state index contributed by atoms with van der Waals surface area (Å²) < 4.78 is 4.51. The molecule has 0 bridgehead atoms. The van der Waals surface area contributed by atoms with E-state index in [0.717, 1.165) is 6.42 Å². The maximum absolute atomic E-state index is 4.94. The zero-order chi connectivity index (χ0) is 7.40. The van der Waals surface area contributed by atoms with Gasteiger partial charge in [0.2, 0.25) is 0 Å². The highest BCUT2D eigenvalue weighted by Gasteiger charge is 1.88. The van der Waals surface area contributed by atoms with E-state index in [4.69, 9.17) is 8.05 Å². The molecule has 0 saturated carbocycles. The molecule has 0 aliphatic carbocycles. The van der Waals surface area contributed by atoms with Crippen molar-refractivity contribution in [3.05, 3.63) is 29.8 Å². The Bertz CT molecular complexity index is 170. The third-order valence-corrected chi connectivity index (χ3v) is 1.47. The second-order valence-electron chi connectivity index (χ2n) is 2.12. The quantitative estimate of drug-likeness (QED) is 0.556. The van der Waals surface area contributed by atoms with Gasteiger partial charge in [0.05, 0.1) is 5.75 Å². The van der Waals surface area contributed by atoms with Crippen LogP contribution in [0.1, 0.15) is 12.5 Å². The minimum absolute atomic E-state index is 0.706. The highest BCUT2D eigenvalue weighted by molar-refractivity contribution is 5.99. The molecule has 0 atom stereocenters. The fourth-order valence-electron chi connectivity index (χ4n) is 0.804. The molecule has 1 aromatic carbocycles. The van der Waals surface area contributed by atoms with Gasteiger partial charge in [0.1, 0.15) is 0 Å². The lowest BCUT2D eigenvalue weighted by Gasteiger charge is -1.99. The molecule has 0 aromatic heterocycles. The molecule has 0 spiro atoms. The van der Waals surface area contributed by atoms with Crippen LogP contribution < -0.4 is 4.65 Å². The molecule has 0 N–H and O–H groups in total. The van der Waals surface area contributed by atoms with Gasteiger partial charge in [0.25, 0.3) is 0 Å². The van der Waals surface area contributed by atoms with E-state index < -0.39 is 0 Å². The zero-order valence-corrected chi connectivity index (χ0v) is 6.00. The first-order valence-electron chi connectivity index (χ1n) is 3.32. The van der Waals surface area contributed by atoms with E-state index in [0.29, 0.717) is 5.75 Å². The summed E-state index contributed by atoms with van der Waals surface area (Å²) in [6, 6.07) is 7.72. The SMILES string of the molecule is [B]Oc1ccc(CC)cc1. The van der Waals surface area contributed by atoms with Gasteiger partial charge in [-0.3, -0.25) is 0 Å². The van der Waals surface area contributed by atoms with Crippen LogP contribution in [0.25, 0.3) is 0 Å². The number of benzene rings is 1. The van der Waals surface area contributed by atoms with Crippen LogP contribution in [0, 0.1) is 0 Å². The van der Waals surface area contributed by atoms with Crippen LogP contribution in [-0.2, 0) is 6.42 Å². The summed E-state index contributed by atoms with van der Waals surface area (Å²) >= 11 is 0. The highest BCUT2D eigenvalue weighted by Crippen LogP contribution is 2.10. The van der Waals surface area contributed by atoms with Crippen molar-refractivity contribution >= 4 is 8.05 Å². The van der Waals surface area contributed by atoms with Crippen molar-refractivity contribution in [2.24, 2.45) is 0 Å². The van der Waals surface area contributed by atoms with Crippen LogP contribution in [0.3, 0.4) is 0 Å². The summed E-state index contributed by atoms with van der Waals surface area (Å²) in [4.78, 5) is 0. The minimum Gasteiger partial charge on any atom is -0.568 e. The van der Waals surface area contributed by atoms with Crippen LogP contribution >= 0.6 is 0 Å². The molecule has 10 heavy (non-hydrogen) atoms. The summed E-state index contributed by atoms with van der Waals surface area (Å²) in [6.45, 7) is 2.11. The molecular weight excluding hydrogens is 123 g/mol. The molecule has 0 fully saturated rings. The van der Waals surface area contributed by atoms with Gasteiger partial charge in [-0.25, -0.2) is 0 Å². The van der Waals surface area contributed by atoms with Crippen LogP contribution in [0.2, 0.25) is 0 Å². The molecule has 1 aromatic rings. The van der Waals surface area contributed by atoms with Crippen molar-refractivity contribution < 1.29 is 4.65 Å². The molecule has 0 amide bonds. The molecule has 2 heteroatoms. The molecule has 0 heterocycles. The van der Waals surface area contributed by atoms with Crippen molar-refractivity contribution in [3.63, 3.8) is 0 Å².